The van der Waals surface area contributed by atoms with Gasteiger partial charge in [-0.05, 0) is 97.0 Å². The van der Waals surface area contributed by atoms with Crippen molar-refractivity contribution in [3.05, 3.63) is 111 Å². The number of H-pyrrole nitrogens is 1. The van der Waals surface area contributed by atoms with Crippen molar-refractivity contribution in [3.63, 3.8) is 0 Å². The Kier molecular flexibility index (Phi) is 6.99. The van der Waals surface area contributed by atoms with Crippen LogP contribution in [0.5, 0.6) is 0 Å². The number of furan rings is 1. The first-order chi connectivity index (χ1) is 18.3. The van der Waals surface area contributed by atoms with Gasteiger partial charge in [0.1, 0.15) is 11.8 Å². The zero-order chi connectivity index (χ0) is 26.9. The molecule has 5 aromatic rings. The molecule has 8 heteroatoms. The fourth-order valence-electron chi connectivity index (χ4n) is 4.80. The van der Waals surface area contributed by atoms with E-state index in [1.807, 2.05) is 47.1 Å². The molecule has 0 unspecified atom stereocenters. The molecule has 0 saturated heterocycles. The number of aromatic amines is 1. The number of nitrogens with one attached hydrogen (secondary N) is 1. The highest BCUT2D eigenvalue weighted by Crippen LogP contribution is 2.33. The van der Waals surface area contributed by atoms with E-state index >= 15 is 0 Å². The van der Waals surface area contributed by atoms with Crippen molar-refractivity contribution in [1.82, 2.24) is 30.1 Å². The molecule has 1 N–H and O–H groups in total. The van der Waals surface area contributed by atoms with Crippen molar-refractivity contribution in [3.8, 4) is 0 Å². The number of hydrogen-bond donors (Lipinski definition) is 1. The Hall–Kier alpha value is -4.04. The van der Waals surface area contributed by atoms with Gasteiger partial charge in [0.05, 0.1) is 18.3 Å². The molecule has 1 atom stereocenters. The molecule has 3 aromatic heterocycles. The van der Waals surface area contributed by atoms with Crippen LogP contribution in [0.3, 0.4) is 0 Å². The Labute approximate surface area is 222 Å². The van der Waals surface area contributed by atoms with Crippen LogP contribution < -0.4 is 5.56 Å². The van der Waals surface area contributed by atoms with Crippen LogP contribution in [0.2, 0.25) is 0 Å². The predicted octanol–water partition coefficient (Wildman–Crippen LogP) is 5.66. The molecular formula is C30H34N6O2. The molecule has 2 aromatic carbocycles. The predicted molar refractivity (Wildman–Crippen MR) is 148 cm³/mol. The van der Waals surface area contributed by atoms with Gasteiger partial charge in [-0.3, -0.25) is 9.69 Å². The van der Waals surface area contributed by atoms with E-state index in [0.717, 1.165) is 34.2 Å². The summed E-state index contributed by atoms with van der Waals surface area (Å²) >= 11 is 0. The number of tetrazole rings is 1. The molecule has 0 saturated carbocycles. The zero-order valence-electron chi connectivity index (χ0n) is 22.6. The molecule has 8 nitrogen and oxygen atoms in total. The van der Waals surface area contributed by atoms with Gasteiger partial charge in [0.15, 0.2) is 5.82 Å². The van der Waals surface area contributed by atoms with Crippen LogP contribution in [0.4, 0.5) is 0 Å². The fraction of sp³-hybridized carbons (Fsp3) is 0.333. The molecule has 0 fully saturated rings. The second-order valence-corrected chi connectivity index (χ2v) is 10.6. The highest BCUT2D eigenvalue weighted by atomic mass is 16.3. The van der Waals surface area contributed by atoms with E-state index in [4.69, 9.17) is 4.42 Å². The van der Waals surface area contributed by atoms with Crippen LogP contribution in [-0.4, -0.2) is 30.1 Å². The van der Waals surface area contributed by atoms with Gasteiger partial charge in [-0.15, -0.1) is 5.10 Å². The summed E-state index contributed by atoms with van der Waals surface area (Å²) in [6.07, 6.45) is 2.49. The van der Waals surface area contributed by atoms with Crippen molar-refractivity contribution >= 4 is 10.9 Å². The number of pyridine rings is 1. The summed E-state index contributed by atoms with van der Waals surface area (Å²) < 4.78 is 7.63. The van der Waals surface area contributed by atoms with E-state index < -0.39 is 6.04 Å². The topological polar surface area (TPSA) is 92.8 Å². The number of benzene rings is 2. The molecule has 5 rings (SSSR count). The summed E-state index contributed by atoms with van der Waals surface area (Å²) in [4.78, 5) is 19.1. The highest BCUT2D eigenvalue weighted by molar-refractivity contribution is 5.81. The molecule has 0 aliphatic heterocycles. The standard InChI is InChI=1S/C30H34N6O2/c1-6-30(4,5)36-28(32-33-34-36)27(25-17-23-15-20(2)21(3)16-26(23)31-29(25)37)35(19-24-13-10-14-38-24)18-22-11-8-7-9-12-22/h7-17,27H,6,18-19H2,1-5H3,(H,31,37)/t27-/m0/s1. The Bertz CT molecular complexity index is 1580. The average Bonchev–Trinajstić information content (AvgIpc) is 3.59. The minimum absolute atomic E-state index is 0.160. The van der Waals surface area contributed by atoms with Gasteiger partial charge < -0.3 is 9.40 Å². The van der Waals surface area contributed by atoms with Crippen LogP contribution in [0.15, 0.2) is 76.1 Å². The Morgan fingerprint density at radius 1 is 1.03 bits per heavy atom. The molecule has 196 valence electrons. The van der Waals surface area contributed by atoms with Gasteiger partial charge in [-0.1, -0.05) is 37.3 Å². The first kappa shape index (κ1) is 25.6. The maximum Gasteiger partial charge on any atom is 0.253 e. The monoisotopic (exact) mass is 510 g/mol. The minimum atomic E-state index is -0.532. The molecule has 0 aliphatic carbocycles. The highest BCUT2D eigenvalue weighted by Gasteiger charge is 2.35. The molecule has 0 bridgehead atoms. The van der Waals surface area contributed by atoms with Crippen molar-refractivity contribution in [2.24, 2.45) is 0 Å². The largest absolute Gasteiger partial charge is 0.468 e. The number of aromatic nitrogens is 5. The van der Waals surface area contributed by atoms with Gasteiger partial charge in [0, 0.05) is 17.6 Å². The summed E-state index contributed by atoms with van der Waals surface area (Å²) in [5.41, 5.74) is 4.31. The smallest absolute Gasteiger partial charge is 0.253 e. The zero-order valence-corrected chi connectivity index (χ0v) is 22.6. The van der Waals surface area contributed by atoms with Gasteiger partial charge in [-0.2, -0.15) is 0 Å². The third kappa shape index (κ3) is 5.04. The summed E-state index contributed by atoms with van der Waals surface area (Å²) in [7, 11) is 0. The maximum absolute atomic E-state index is 13.8. The molecule has 3 heterocycles. The quantitative estimate of drug-likeness (QED) is 0.275. The SMILES string of the molecule is CCC(C)(C)n1nnnc1[C@H](c1cc2cc(C)c(C)cc2[nH]c1=O)N(Cc1ccccc1)Cc1ccco1. The van der Waals surface area contributed by atoms with Crippen LogP contribution in [0.25, 0.3) is 10.9 Å². The normalized spacial score (nSPS) is 12.9. The summed E-state index contributed by atoms with van der Waals surface area (Å²) in [5.74, 6) is 1.41. The van der Waals surface area contributed by atoms with E-state index in [1.54, 1.807) is 6.26 Å². The van der Waals surface area contributed by atoms with E-state index in [0.29, 0.717) is 24.5 Å². The molecule has 0 amide bonds. The molecule has 0 spiro atoms. The first-order valence-corrected chi connectivity index (χ1v) is 13.0. The van der Waals surface area contributed by atoms with Crippen molar-refractivity contribution in [2.45, 2.75) is 65.7 Å². The lowest BCUT2D eigenvalue weighted by atomic mass is 9.98. The number of hydrogen-bond acceptors (Lipinski definition) is 6. The summed E-state index contributed by atoms with van der Waals surface area (Å²) in [6.45, 7) is 11.5. The average molecular weight is 511 g/mol. The van der Waals surface area contributed by atoms with E-state index in [1.165, 1.54) is 5.56 Å². The van der Waals surface area contributed by atoms with Gasteiger partial charge in [0.25, 0.3) is 5.56 Å². The lowest BCUT2D eigenvalue weighted by molar-refractivity contribution is 0.168. The Balaban J connectivity index is 1.74. The number of nitrogens with zero attached hydrogens (tertiary/aromatic N) is 5. The van der Waals surface area contributed by atoms with E-state index in [-0.39, 0.29) is 11.1 Å². The summed E-state index contributed by atoms with van der Waals surface area (Å²) in [5, 5.41) is 14.0. The Morgan fingerprint density at radius 2 is 1.79 bits per heavy atom. The molecule has 38 heavy (non-hydrogen) atoms. The van der Waals surface area contributed by atoms with E-state index in [2.05, 4.69) is 78.2 Å². The number of rotatable bonds is 9. The lowest BCUT2D eigenvalue weighted by Gasteiger charge is -2.33. The summed E-state index contributed by atoms with van der Waals surface area (Å²) in [6, 6.07) is 19.6. The third-order valence-corrected chi connectivity index (χ3v) is 7.49. The van der Waals surface area contributed by atoms with Gasteiger partial charge in [-0.25, -0.2) is 4.68 Å². The third-order valence-electron chi connectivity index (χ3n) is 7.49. The Morgan fingerprint density at radius 3 is 2.50 bits per heavy atom. The maximum atomic E-state index is 13.8. The lowest BCUT2D eigenvalue weighted by Crippen LogP contribution is -2.38. The number of aryl methyl sites for hydroxylation is 2. The van der Waals surface area contributed by atoms with Gasteiger partial charge >= 0.3 is 0 Å². The fourth-order valence-corrected chi connectivity index (χ4v) is 4.80. The number of fused-ring (bicyclic) bond motifs is 1. The van der Waals surface area contributed by atoms with Crippen LogP contribution >= 0.6 is 0 Å². The van der Waals surface area contributed by atoms with Crippen molar-refractivity contribution in [2.75, 3.05) is 0 Å². The van der Waals surface area contributed by atoms with Crippen molar-refractivity contribution in [1.29, 1.82) is 0 Å². The van der Waals surface area contributed by atoms with Gasteiger partial charge in [0.2, 0.25) is 0 Å². The minimum Gasteiger partial charge on any atom is -0.468 e. The second-order valence-electron chi connectivity index (χ2n) is 10.6. The molecular weight excluding hydrogens is 476 g/mol. The first-order valence-electron chi connectivity index (χ1n) is 13.0. The molecule has 0 aliphatic rings. The van der Waals surface area contributed by atoms with Crippen LogP contribution in [0.1, 0.15) is 67.1 Å². The van der Waals surface area contributed by atoms with E-state index in [9.17, 15) is 4.79 Å². The van der Waals surface area contributed by atoms with Crippen molar-refractivity contribution < 1.29 is 4.42 Å². The second kappa shape index (κ2) is 10.4. The van der Waals surface area contributed by atoms with Crippen LogP contribution in [-0.2, 0) is 18.6 Å². The molecule has 0 radical (unpaired) electrons. The van der Waals surface area contributed by atoms with Crippen LogP contribution in [0, 0.1) is 13.8 Å².